The smallest absolute Gasteiger partial charge is 0.377 e. The van der Waals surface area contributed by atoms with E-state index in [0.717, 1.165) is 23.3 Å². The molecule has 2 fully saturated rings. The number of ether oxygens (including phenoxy) is 1. The van der Waals surface area contributed by atoms with Gasteiger partial charge in [-0.2, -0.15) is 13.2 Å². The molecule has 3 unspecified atom stereocenters. The highest BCUT2D eigenvalue weighted by Gasteiger charge is 2.36. The van der Waals surface area contributed by atoms with Crippen LogP contribution in [0.25, 0.3) is 0 Å². The zero-order chi connectivity index (χ0) is 23.5. The molecule has 9 heteroatoms. The molecule has 180 valence electrons. The second-order valence-electron chi connectivity index (χ2n) is 8.96. The Balaban J connectivity index is 1.52. The fourth-order valence-electron chi connectivity index (χ4n) is 4.83. The van der Waals surface area contributed by atoms with E-state index in [2.05, 4.69) is 10.2 Å². The molecule has 2 aliphatic rings. The standard InChI is InChI=1S/C24H29F3N2O3S/c25-24(26,27)22-8-6-20(7-9-22)21-12-19(13-29(14-21)23-15-32-11-10-28-23)17-33(30,31)16-18-4-2-1-3-5-18/h1-9,19,21,23,28H,10-17H2. The van der Waals surface area contributed by atoms with Crippen LogP contribution in [0.3, 0.4) is 0 Å². The zero-order valence-electron chi connectivity index (χ0n) is 18.3. The molecule has 33 heavy (non-hydrogen) atoms. The lowest BCUT2D eigenvalue weighted by Crippen LogP contribution is -2.57. The van der Waals surface area contributed by atoms with Crippen LogP contribution in [0.5, 0.6) is 0 Å². The third-order valence-corrected chi connectivity index (χ3v) is 8.09. The van der Waals surface area contributed by atoms with Gasteiger partial charge in [0, 0.05) is 19.6 Å². The molecule has 4 rings (SSSR count). The van der Waals surface area contributed by atoms with Gasteiger partial charge in [0.15, 0.2) is 9.84 Å². The highest BCUT2D eigenvalue weighted by Crippen LogP contribution is 2.35. The second kappa shape index (κ2) is 10.1. The van der Waals surface area contributed by atoms with Gasteiger partial charge < -0.3 is 4.74 Å². The predicted octanol–water partition coefficient (Wildman–Crippen LogP) is 3.67. The van der Waals surface area contributed by atoms with E-state index in [1.165, 1.54) is 12.1 Å². The number of sulfone groups is 1. The van der Waals surface area contributed by atoms with Crippen LogP contribution in [0.4, 0.5) is 13.2 Å². The van der Waals surface area contributed by atoms with Crippen LogP contribution in [0.2, 0.25) is 0 Å². The normalized spacial score (nSPS) is 25.1. The van der Waals surface area contributed by atoms with Crippen LogP contribution in [0.15, 0.2) is 54.6 Å². The van der Waals surface area contributed by atoms with Crippen LogP contribution in [0.1, 0.15) is 29.0 Å². The predicted molar refractivity (Wildman–Crippen MR) is 120 cm³/mol. The summed E-state index contributed by atoms with van der Waals surface area (Å²) < 4.78 is 70.5. The van der Waals surface area contributed by atoms with Gasteiger partial charge in [-0.3, -0.25) is 10.2 Å². The molecule has 0 bridgehead atoms. The van der Waals surface area contributed by atoms with E-state index in [4.69, 9.17) is 4.74 Å². The maximum Gasteiger partial charge on any atom is 0.416 e. The lowest BCUT2D eigenvalue weighted by molar-refractivity contribution is -0.137. The van der Waals surface area contributed by atoms with E-state index < -0.39 is 21.6 Å². The van der Waals surface area contributed by atoms with Crippen LogP contribution in [-0.4, -0.2) is 58.1 Å². The number of halogens is 3. The van der Waals surface area contributed by atoms with Gasteiger partial charge in [-0.25, -0.2) is 8.42 Å². The number of piperidine rings is 1. The Hall–Kier alpha value is -1.94. The van der Waals surface area contributed by atoms with E-state index in [1.807, 2.05) is 18.2 Å². The van der Waals surface area contributed by atoms with Crippen molar-refractivity contribution >= 4 is 9.84 Å². The van der Waals surface area contributed by atoms with Crippen molar-refractivity contribution in [2.24, 2.45) is 5.92 Å². The summed E-state index contributed by atoms with van der Waals surface area (Å²) in [6, 6.07) is 14.4. The summed E-state index contributed by atoms with van der Waals surface area (Å²) in [5.74, 6) is -0.145. The SMILES string of the molecule is O=S(=O)(Cc1ccccc1)CC1CC(c2ccc(C(F)(F)F)cc2)CN(C2COCCN2)C1. The summed E-state index contributed by atoms with van der Waals surface area (Å²) in [6.07, 6.45) is -3.80. The van der Waals surface area contributed by atoms with Crippen molar-refractivity contribution < 1.29 is 26.3 Å². The third kappa shape index (κ3) is 6.56. The fourth-order valence-corrected chi connectivity index (χ4v) is 6.61. The number of alkyl halides is 3. The van der Waals surface area contributed by atoms with E-state index in [1.54, 1.807) is 12.1 Å². The number of nitrogens with zero attached hydrogens (tertiary/aromatic N) is 1. The van der Waals surface area contributed by atoms with Crippen LogP contribution in [0, 0.1) is 5.92 Å². The third-order valence-electron chi connectivity index (χ3n) is 6.34. The molecule has 0 radical (unpaired) electrons. The molecule has 3 atom stereocenters. The summed E-state index contributed by atoms with van der Waals surface area (Å²) in [6.45, 7) is 3.08. The minimum Gasteiger partial charge on any atom is -0.377 e. The van der Waals surface area contributed by atoms with E-state index in [9.17, 15) is 21.6 Å². The number of morpholine rings is 1. The summed E-state index contributed by atoms with van der Waals surface area (Å²) in [7, 11) is -3.35. The molecule has 2 aliphatic heterocycles. The van der Waals surface area contributed by atoms with E-state index in [-0.39, 0.29) is 29.5 Å². The molecule has 1 N–H and O–H groups in total. The Morgan fingerprint density at radius 2 is 1.76 bits per heavy atom. The van der Waals surface area contributed by atoms with Gasteiger partial charge in [0.2, 0.25) is 0 Å². The Morgan fingerprint density at radius 3 is 2.39 bits per heavy atom. The molecule has 0 aromatic heterocycles. The van der Waals surface area contributed by atoms with Gasteiger partial charge in [0.25, 0.3) is 0 Å². The van der Waals surface area contributed by atoms with Crippen molar-refractivity contribution in [3.05, 3.63) is 71.3 Å². The summed E-state index contributed by atoms with van der Waals surface area (Å²) in [5, 5.41) is 3.42. The molecule has 2 aromatic rings. The maximum atomic E-state index is 13.0. The number of hydrogen-bond donors (Lipinski definition) is 1. The number of rotatable bonds is 6. The molecular weight excluding hydrogens is 453 g/mol. The molecular formula is C24H29F3N2O3S. The number of hydrogen-bond acceptors (Lipinski definition) is 5. The average molecular weight is 483 g/mol. The highest BCUT2D eigenvalue weighted by atomic mass is 32.2. The molecule has 2 saturated heterocycles. The van der Waals surface area contributed by atoms with Gasteiger partial charge in [-0.05, 0) is 41.5 Å². The van der Waals surface area contributed by atoms with Crippen LogP contribution >= 0.6 is 0 Å². The first-order valence-electron chi connectivity index (χ1n) is 11.2. The highest BCUT2D eigenvalue weighted by molar-refractivity contribution is 7.90. The minimum absolute atomic E-state index is 0.0138. The first-order valence-corrected chi connectivity index (χ1v) is 13.0. The Kier molecular flexibility index (Phi) is 7.43. The van der Waals surface area contributed by atoms with E-state index in [0.29, 0.717) is 39.3 Å². The summed E-state index contributed by atoms with van der Waals surface area (Å²) >= 11 is 0. The van der Waals surface area contributed by atoms with Crippen molar-refractivity contribution in [3.8, 4) is 0 Å². The van der Waals surface area contributed by atoms with Crippen LogP contribution < -0.4 is 5.32 Å². The lowest BCUT2D eigenvalue weighted by atomic mass is 9.84. The Morgan fingerprint density at radius 1 is 1.03 bits per heavy atom. The Labute approximate surface area is 192 Å². The molecule has 2 aromatic carbocycles. The van der Waals surface area contributed by atoms with Crippen molar-refractivity contribution in [1.82, 2.24) is 10.2 Å². The lowest BCUT2D eigenvalue weighted by Gasteiger charge is -2.43. The van der Waals surface area contributed by atoms with Gasteiger partial charge in [-0.15, -0.1) is 0 Å². The topological polar surface area (TPSA) is 58.6 Å². The summed E-state index contributed by atoms with van der Waals surface area (Å²) in [5.41, 5.74) is 0.880. The number of likely N-dealkylation sites (tertiary alicyclic amines) is 1. The van der Waals surface area contributed by atoms with Crippen molar-refractivity contribution in [1.29, 1.82) is 0 Å². The quantitative estimate of drug-likeness (QED) is 0.681. The molecule has 0 spiro atoms. The van der Waals surface area contributed by atoms with Gasteiger partial charge >= 0.3 is 6.18 Å². The van der Waals surface area contributed by atoms with Crippen molar-refractivity contribution in [2.45, 2.75) is 30.4 Å². The average Bonchev–Trinajstić information content (AvgIpc) is 2.79. The van der Waals surface area contributed by atoms with Gasteiger partial charge in [0.1, 0.15) is 0 Å². The van der Waals surface area contributed by atoms with Gasteiger partial charge in [-0.1, -0.05) is 42.5 Å². The summed E-state index contributed by atoms with van der Waals surface area (Å²) in [4.78, 5) is 2.19. The van der Waals surface area contributed by atoms with Gasteiger partial charge in [0.05, 0.1) is 36.4 Å². The molecule has 5 nitrogen and oxygen atoms in total. The molecule has 0 aliphatic carbocycles. The number of benzene rings is 2. The monoisotopic (exact) mass is 482 g/mol. The zero-order valence-corrected chi connectivity index (χ0v) is 19.1. The largest absolute Gasteiger partial charge is 0.416 e. The van der Waals surface area contributed by atoms with Crippen LogP contribution in [-0.2, 0) is 26.5 Å². The Bertz CT molecular complexity index is 1010. The minimum atomic E-state index is -4.38. The first-order chi connectivity index (χ1) is 15.7. The molecule has 0 amide bonds. The molecule has 0 saturated carbocycles. The fraction of sp³-hybridized carbons (Fsp3) is 0.500. The van der Waals surface area contributed by atoms with E-state index >= 15 is 0 Å². The van der Waals surface area contributed by atoms with Crippen molar-refractivity contribution in [2.75, 3.05) is 38.6 Å². The number of nitrogens with one attached hydrogen (secondary N) is 1. The second-order valence-corrected chi connectivity index (χ2v) is 11.1. The maximum absolute atomic E-state index is 13.0. The molecule has 2 heterocycles. The first kappa shape index (κ1) is 24.2. The van der Waals surface area contributed by atoms with Crippen molar-refractivity contribution in [3.63, 3.8) is 0 Å².